The minimum absolute atomic E-state index is 0.0312. The topological polar surface area (TPSA) is 59.6 Å². The van der Waals surface area contributed by atoms with Crippen molar-refractivity contribution in [2.45, 2.75) is 6.18 Å². The summed E-state index contributed by atoms with van der Waals surface area (Å²) in [6.07, 6.45) is -3.20. The summed E-state index contributed by atoms with van der Waals surface area (Å²) in [7, 11) is 4.60. The van der Waals surface area contributed by atoms with E-state index in [0.29, 0.717) is 0 Å². The molecule has 0 amide bonds. The lowest BCUT2D eigenvalue weighted by Crippen LogP contribution is -2.36. The van der Waals surface area contributed by atoms with Crippen LogP contribution in [0.4, 0.5) is 19.0 Å². The predicted octanol–water partition coefficient (Wildman–Crippen LogP) is 1.78. The average molecular weight is 340 g/mol. The first kappa shape index (κ1) is 17.5. The van der Waals surface area contributed by atoms with E-state index in [1.165, 1.54) is 25.5 Å². The molecule has 1 heterocycles. The number of nitrogens with zero attached hydrogens (tertiary/aromatic N) is 4. The minimum atomic E-state index is -4.55. The summed E-state index contributed by atoms with van der Waals surface area (Å²) in [5.74, 6) is -0.0591. The largest absolute Gasteiger partial charge is 0.416 e. The number of alkyl halides is 3. The Morgan fingerprint density at radius 2 is 1.83 bits per heavy atom. The zero-order chi connectivity index (χ0) is 18.1. The molecule has 0 fully saturated rings. The second kappa shape index (κ2) is 6.34. The van der Waals surface area contributed by atoms with E-state index in [9.17, 15) is 22.8 Å². The summed E-state index contributed by atoms with van der Waals surface area (Å²) in [6, 6.07) is 5.35. The molecule has 6 nitrogen and oxygen atoms in total. The van der Waals surface area contributed by atoms with Crippen LogP contribution in [-0.2, 0) is 13.2 Å². The fraction of sp³-hybridized carbons (Fsp3) is 0.267. The number of halogens is 3. The molecule has 0 aliphatic carbocycles. The Morgan fingerprint density at radius 3 is 2.42 bits per heavy atom. The first-order valence-corrected chi connectivity index (χ1v) is 6.82. The highest BCUT2D eigenvalue weighted by Crippen LogP contribution is 2.30. The second-order valence-electron chi connectivity index (χ2n) is 5.27. The summed E-state index contributed by atoms with van der Waals surface area (Å²) in [5, 5.41) is 0. The number of hydrogen-bond donors (Lipinski definition) is 0. The van der Waals surface area contributed by atoms with Gasteiger partial charge in [-0.05, 0) is 18.2 Å². The van der Waals surface area contributed by atoms with Gasteiger partial charge in [0.25, 0.3) is 5.56 Å². The third kappa shape index (κ3) is 3.55. The smallest absolute Gasteiger partial charge is 0.369 e. The van der Waals surface area contributed by atoms with Gasteiger partial charge in [0.2, 0.25) is 0 Å². The van der Waals surface area contributed by atoms with Crippen LogP contribution in [0.25, 0.3) is 5.69 Å². The summed E-state index contributed by atoms with van der Waals surface area (Å²) >= 11 is 0. The summed E-state index contributed by atoms with van der Waals surface area (Å²) in [4.78, 5) is 29.7. The molecule has 0 aliphatic rings. The van der Waals surface area contributed by atoms with Crippen LogP contribution in [-0.4, -0.2) is 34.5 Å². The molecule has 9 heteroatoms. The Labute approximate surface area is 135 Å². The maximum Gasteiger partial charge on any atom is 0.416 e. The van der Waals surface area contributed by atoms with E-state index >= 15 is 0 Å². The van der Waals surface area contributed by atoms with Gasteiger partial charge in [-0.25, -0.2) is 14.4 Å². The number of aromatic nitrogens is 2. The summed E-state index contributed by atoms with van der Waals surface area (Å²) in [5.41, 5.74) is -2.32. The standard InChI is InChI=1S/C15H15F3N4O2/c1-20(2)9-19-12-8-13(23)21(3)14(24)22(12)11-6-4-5-10(7-11)15(16,17)18/h4-9H,1-3H3. The van der Waals surface area contributed by atoms with Gasteiger partial charge >= 0.3 is 11.9 Å². The zero-order valence-electron chi connectivity index (χ0n) is 13.2. The number of benzene rings is 1. The van der Waals surface area contributed by atoms with Crippen LogP contribution in [0.15, 0.2) is 44.9 Å². The van der Waals surface area contributed by atoms with E-state index in [0.717, 1.165) is 27.3 Å². The van der Waals surface area contributed by atoms with Gasteiger partial charge in [0, 0.05) is 27.2 Å². The molecule has 0 aliphatic heterocycles. The zero-order valence-corrected chi connectivity index (χ0v) is 13.2. The van der Waals surface area contributed by atoms with Gasteiger partial charge in [0.05, 0.1) is 17.6 Å². The average Bonchev–Trinajstić information content (AvgIpc) is 2.50. The maximum absolute atomic E-state index is 12.9. The summed E-state index contributed by atoms with van der Waals surface area (Å²) < 4.78 is 40.5. The van der Waals surface area contributed by atoms with E-state index in [2.05, 4.69) is 4.99 Å². The molecule has 0 spiro atoms. The molecular weight excluding hydrogens is 325 g/mol. The van der Waals surface area contributed by atoms with Crippen LogP contribution in [0.1, 0.15) is 5.56 Å². The van der Waals surface area contributed by atoms with Crippen molar-refractivity contribution in [3.8, 4) is 5.69 Å². The van der Waals surface area contributed by atoms with E-state index in [4.69, 9.17) is 0 Å². The maximum atomic E-state index is 12.9. The van der Waals surface area contributed by atoms with E-state index in [1.807, 2.05) is 0 Å². The quantitative estimate of drug-likeness (QED) is 0.632. The van der Waals surface area contributed by atoms with Crippen LogP contribution in [0, 0.1) is 0 Å². The molecule has 128 valence electrons. The first-order valence-electron chi connectivity index (χ1n) is 6.82. The lowest BCUT2D eigenvalue weighted by atomic mass is 10.2. The molecule has 1 aromatic heterocycles. The Morgan fingerprint density at radius 1 is 1.17 bits per heavy atom. The number of rotatable bonds is 3. The molecule has 2 rings (SSSR count). The molecule has 0 bridgehead atoms. The normalized spacial score (nSPS) is 11.9. The van der Waals surface area contributed by atoms with Crippen molar-refractivity contribution in [2.24, 2.45) is 12.0 Å². The van der Waals surface area contributed by atoms with E-state index in [1.54, 1.807) is 19.0 Å². The van der Waals surface area contributed by atoms with Gasteiger partial charge in [-0.2, -0.15) is 13.2 Å². The molecule has 0 N–H and O–H groups in total. The Bertz CT molecular complexity index is 895. The molecule has 0 saturated carbocycles. The van der Waals surface area contributed by atoms with Crippen LogP contribution in [0.3, 0.4) is 0 Å². The first-order chi connectivity index (χ1) is 11.1. The van der Waals surface area contributed by atoms with E-state index < -0.39 is 23.0 Å². The van der Waals surface area contributed by atoms with Crippen molar-refractivity contribution in [3.63, 3.8) is 0 Å². The van der Waals surface area contributed by atoms with Crippen LogP contribution < -0.4 is 11.2 Å². The van der Waals surface area contributed by atoms with Crippen molar-refractivity contribution >= 4 is 12.2 Å². The van der Waals surface area contributed by atoms with Gasteiger partial charge < -0.3 is 4.90 Å². The highest BCUT2D eigenvalue weighted by atomic mass is 19.4. The van der Waals surface area contributed by atoms with Gasteiger partial charge in [0.15, 0.2) is 0 Å². The molecular formula is C15H15F3N4O2. The van der Waals surface area contributed by atoms with Crippen LogP contribution in [0.2, 0.25) is 0 Å². The fourth-order valence-corrected chi connectivity index (χ4v) is 1.95. The molecule has 0 atom stereocenters. The Hall–Kier alpha value is -2.84. The lowest BCUT2D eigenvalue weighted by molar-refractivity contribution is -0.137. The molecule has 24 heavy (non-hydrogen) atoms. The predicted molar refractivity (Wildman–Crippen MR) is 84.1 cm³/mol. The van der Waals surface area contributed by atoms with Crippen molar-refractivity contribution in [1.29, 1.82) is 0 Å². The highest BCUT2D eigenvalue weighted by Gasteiger charge is 2.30. The van der Waals surface area contributed by atoms with Crippen molar-refractivity contribution < 1.29 is 13.2 Å². The monoisotopic (exact) mass is 340 g/mol. The minimum Gasteiger partial charge on any atom is -0.369 e. The molecule has 0 radical (unpaired) electrons. The van der Waals surface area contributed by atoms with Crippen LogP contribution in [0.5, 0.6) is 0 Å². The van der Waals surface area contributed by atoms with Crippen molar-refractivity contribution in [3.05, 3.63) is 56.7 Å². The molecule has 1 aromatic carbocycles. The van der Waals surface area contributed by atoms with Crippen molar-refractivity contribution in [2.75, 3.05) is 14.1 Å². The van der Waals surface area contributed by atoms with E-state index in [-0.39, 0.29) is 11.5 Å². The molecule has 0 saturated heterocycles. The van der Waals surface area contributed by atoms with Crippen molar-refractivity contribution in [1.82, 2.24) is 14.0 Å². The lowest BCUT2D eigenvalue weighted by Gasteiger charge is -2.14. The SMILES string of the molecule is CN(C)C=Nc1cc(=O)n(C)c(=O)n1-c1cccc(C(F)(F)F)c1. The molecule has 2 aromatic rings. The third-order valence-corrected chi connectivity index (χ3v) is 3.14. The Balaban J connectivity index is 2.76. The third-order valence-electron chi connectivity index (χ3n) is 3.14. The number of hydrogen-bond acceptors (Lipinski definition) is 3. The van der Waals surface area contributed by atoms with Gasteiger partial charge in [-0.15, -0.1) is 0 Å². The van der Waals surface area contributed by atoms with Gasteiger partial charge in [0.1, 0.15) is 5.82 Å². The van der Waals surface area contributed by atoms with Gasteiger partial charge in [-0.1, -0.05) is 6.07 Å². The highest BCUT2D eigenvalue weighted by molar-refractivity contribution is 5.60. The van der Waals surface area contributed by atoms with Crippen LogP contribution >= 0.6 is 0 Å². The second-order valence-corrected chi connectivity index (χ2v) is 5.27. The number of aliphatic imine (C=N–C) groups is 1. The fourth-order valence-electron chi connectivity index (χ4n) is 1.95. The van der Waals surface area contributed by atoms with Gasteiger partial charge in [-0.3, -0.25) is 9.36 Å². The molecule has 0 unspecified atom stereocenters. The Kier molecular flexibility index (Phi) is 4.63. The summed E-state index contributed by atoms with van der Waals surface area (Å²) in [6.45, 7) is 0.